The minimum atomic E-state index is -4.50. The Labute approximate surface area is 190 Å². The second kappa shape index (κ2) is 9.43. The van der Waals surface area contributed by atoms with Crippen LogP contribution in [0.25, 0.3) is 0 Å². The first-order chi connectivity index (χ1) is 15.8. The van der Waals surface area contributed by atoms with Gasteiger partial charge in [-0.2, -0.15) is 13.2 Å². The summed E-state index contributed by atoms with van der Waals surface area (Å²) in [4.78, 5) is 13.6. The summed E-state index contributed by atoms with van der Waals surface area (Å²) in [6, 6.07) is 11.3. The molecule has 0 saturated carbocycles. The molecule has 8 heteroatoms. The van der Waals surface area contributed by atoms with E-state index < -0.39 is 22.6 Å². The number of halogens is 4. The van der Waals surface area contributed by atoms with Gasteiger partial charge in [0.05, 0.1) is 11.0 Å². The molecule has 0 bridgehead atoms. The average molecular weight is 465 g/mol. The lowest BCUT2D eigenvalue weighted by atomic mass is 9.71. The van der Waals surface area contributed by atoms with Crippen molar-refractivity contribution in [3.63, 3.8) is 0 Å². The number of carbonyl (C=O) groups excluding carboxylic acids is 1. The van der Waals surface area contributed by atoms with Crippen LogP contribution in [0.15, 0.2) is 48.5 Å². The number of ether oxygens (including phenoxy) is 2. The Hall–Kier alpha value is -2.45. The van der Waals surface area contributed by atoms with Gasteiger partial charge >= 0.3 is 6.18 Å². The van der Waals surface area contributed by atoms with Crippen LogP contribution in [-0.2, 0) is 31.3 Å². The van der Waals surface area contributed by atoms with Crippen LogP contribution in [0.1, 0.15) is 42.4 Å². The van der Waals surface area contributed by atoms with Gasteiger partial charge in [-0.25, -0.2) is 4.39 Å². The van der Waals surface area contributed by atoms with E-state index in [0.29, 0.717) is 31.6 Å². The van der Waals surface area contributed by atoms with Gasteiger partial charge in [0.25, 0.3) is 0 Å². The summed E-state index contributed by atoms with van der Waals surface area (Å²) in [6.45, 7) is 1.79. The van der Waals surface area contributed by atoms with E-state index in [1.807, 2.05) is 6.07 Å². The Bertz CT molecular complexity index is 980. The number of carbonyl (C=O) groups is 1. The van der Waals surface area contributed by atoms with Crippen LogP contribution in [-0.4, -0.2) is 38.9 Å². The molecule has 0 aromatic heterocycles. The molecule has 2 aromatic carbocycles. The van der Waals surface area contributed by atoms with Crippen LogP contribution < -0.4 is 5.32 Å². The number of nitrogens with one attached hydrogen (secondary N) is 1. The van der Waals surface area contributed by atoms with Crippen molar-refractivity contribution in [3.8, 4) is 0 Å². The maximum Gasteiger partial charge on any atom is 0.416 e. The van der Waals surface area contributed by atoms with Gasteiger partial charge in [-0.1, -0.05) is 30.3 Å². The molecule has 2 heterocycles. The van der Waals surface area contributed by atoms with Gasteiger partial charge in [-0.05, 0) is 55.0 Å². The first-order valence-corrected chi connectivity index (χ1v) is 11.1. The highest BCUT2D eigenvalue weighted by Crippen LogP contribution is 2.40. The molecule has 1 amide bonds. The highest BCUT2D eigenvalue weighted by Gasteiger charge is 2.44. The van der Waals surface area contributed by atoms with Crippen LogP contribution in [0.4, 0.5) is 17.6 Å². The Kier molecular flexibility index (Phi) is 6.77. The third-order valence-corrected chi connectivity index (χ3v) is 7.00. The lowest BCUT2D eigenvalue weighted by Crippen LogP contribution is -2.52. The summed E-state index contributed by atoms with van der Waals surface area (Å²) in [5.41, 5.74) is -1.28. The highest BCUT2D eigenvalue weighted by molar-refractivity contribution is 5.88. The molecule has 2 aliphatic heterocycles. The van der Waals surface area contributed by atoms with Gasteiger partial charge < -0.3 is 14.8 Å². The molecule has 2 fully saturated rings. The first kappa shape index (κ1) is 23.7. The number of alkyl halides is 3. The fourth-order valence-corrected chi connectivity index (χ4v) is 4.93. The largest absolute Gasteiger partial charge is 0.416 e. The minimum Gasteiger partial charge on any atom is -0.381 e. The van der Waals surface area contributed by atoms with E-state index in [0.717, 1.165) is 17.7 Å². The highest BCUT2D eigenvalue weighted by atomic mass is 19.4. The molecule has 4 rings (SSSR count). The van der Waals surface area contributed by atoms with Gasteiger partial charge in [-0.3, -0.25) is 4.79 Å². The molecular weight excluding hydrogens is 438 g/mol. The van der Waals surface area contributed by atoms with Crippen molar-refractivity contribution in [2.45, 2.75) is 42.7 Å². The van der Waals surface area contributed by atoms with Gasteiger partial charge in [-0.15, -0.1) is 0 Å². The number of hydrogen-bond acceptors (Lipinski definition) is 3. The normalized spacial score (nSPS) is 20.2. The number of benzene rings is 2. The van der Waals surface area contributed by atoms with Crippen molar-refractivity contribution in [2.75, 3.05) is 33.0 Å². The van der Waals surface area contributed by atoms with Crippen molar-refractivity contribution < 1.29 is 31.8 Å². The fraction of sp³-hybridized carbons (Fsp3) is 0.480. The van der Waals surface area contributed by atoms with E-state index in [-0.39, 0.29) is 44.3 Å². The molecule has 33 heavy (non-hydrogen) atoms. The van der Waals surface area contributed by atoms with E-state index in [1.165, 1.54) is 18.2 Å². The fourth-order valence-electron chi connectivity index (χ4n) is 4.93. The average Bonchev–Trinajstić information content (AvgIpc) is 2.83. The molecule has 0 aliphatic carbocycles. The third kappa shape index (κ3) is 4.92. The van der Waals surface area contributed by atoms with E-state index >= 15 is 0 Å². The Morgan fingerprint density at radius 3 is 2.12 bits per heavy atom. The van der Waals surface area contributed by atoms with Crippen LogP contribution in [0.2, 0.25) is 0 Å². The summed E-state index contributed by atoms with van der Waals surface area (Å²) >= 11 is 0. The van der Waals surface area contributed by atoms with Crippen molar-refractivity contribution in [3.05, 3.63) is 71.0 Å². The Morgan fingerprint density at radius 1 is 0.879 bits per heavy atom. The maximum absolute atomic E-state index is 14.0. The van der Waals surface area contributed by atoms with Crippen LogP contribution in [0.3, 0.4) is 0 Å². The molecule has 2 aliphatic rings. The quantitative estimate of drug-likeness (QED) is 0.648. The molecule has 1 N–H and O–H groups in total. The summed E-state index contributed by atoms with van der Waals surface area (Å²) in [6.07, 6.45) is -2.71. The number of rotatable bonds is 5. The first-order valence-electron chi connectivity index (χ1n) is 11.1. The summed E-state index contributed by atoms with van der Waals surface area (Å²) in [5, 5.41) is 3.02. The molecule has 4 nitrogen and oxygen atoms in total. The lowest BCUT2D eigenvalue weighted by molar-refractivity contribution is -0.138. The Morgan fingerprint density at radius 2 is 1.48 bits per heavy atom. The minimum absolute atomic E-state index is 0.250. The predicted octanol–water partition coefficient (Wildman–Crippen LogP) is 4.76. The van der Waals surface area contributed by atoms with Crippen molar-refractivity contribution in [2.24, 2.45) is 0 Å². The molecule has 2 saturated heterocycles. The van der Waals surface area contributed by atoms with E-state index in [9.17, 15) is 22.4 Å². The monoisotopic (exact) mass is 465 g/mol. The van der Waals surface area contributed by atoms with Crippen molar-refractivity contribution in [1.29, 1.82) is 0 Å². The van der Waals surface area contributed by atoms with E-state index in [1.54, 1.807) is 12.1 Å². The van der Waals surface area contributed by atoms with Gasteiger partial charge in [0.15, 0.2) is 0 Å². The number of hydrogen-bond donors (Lipinski definition) is 1. The van der Waals surface area contributed by atoms with Crippen molar-refractivity contribution >= 4 is 5.91 Å². The molecule has 0 unspecified atom stereocenters. The summed E-state index contributed by atoms with van der Waals surface area (Å²) < 4.78 is 65.0. The second-order valence-corrected chi connectivity index (χ2v) is 8.86. The third-order valence-electron chi connectivity index (χ3n) is 7.00. The van der Waals surface area contributed by atoms with Gasteiger partial charge in [0.2, 0.25) is 5.91 Å². The second-order valence-electron chi connectivity index (χ2n) is 8.86. The van der Waals surface area contributed by atoms with E-state index in [2.05, 4.69) is 5.32 Å². The number of amides is 1. The zero-order chi connectivity index (χ0) is 23.5. The topological polar surface area (TPSA) is 47.6 Å². The Balaban J connectivity index is 1.62. The van der Waals surface area contributed by atoms with Gasteiger partial charge in [0.1, 0.15) is 5.82 Å². The van der Waals surface area contributed by atoms with Crippen LogP contribution in [0, 0.1) is 5.82 Å². The molecule has 0 spiro atoms. The molecular formula is C25H27F4NO3. The summed E-state index contributed by atoms with van der Waals surface area (Å²) in [5.74, 6) is -0.679. The van der Waals surface area contributed by atoms with E-state index in [4.69, 9.17) is 9.47 Å². The zero-order valence-corrected chi connectivity index (χ0v) is 18.2. The zero-order valence-electron chi connectivity index (χ0n) is 18.2. The van der Waals surface area contributed by atoms with Crippen LogP contribution in [0.5, 0.6) is 0 Å². The van der Waals surface area contributed by atoms with Gasteiger partial charge in [0, 0.05) is 38.4 Å². The molecule has 178 valence electrons. The smallest absolute Gasteiger partial charge is 0.381 e. The standard InChI is InChI=1S/C25H27F4NO3/c26-21-6-2-3-18(16-21)23(7-11-32-12-8-23)17-30-22(31)24(9-13-33-14-10-24)19-4-1-5-20(15-19)25(27,28)29/h1-6,15-16H,7-14,17H2,(H,30,31). The predicted molar refractivity (Wildman–Crippen MR) is 114 cm³/mol. The SMILES string of the molecule is O=C(NCC1(c2cccc(F)c2)CCOCC1)C1(c2cccc(C(F)(F)F)c2)CCOCC1. The molecule has 0 radical (unpaired) electrons. The van der Waals surface area contributed by atoms with Crippen LogP contribution >= 0.6 is 0 Å². The lowest BCUT2D eigenvalue weighted by Gasteiger charge is -2.41. The summed E-state index contributed by atoms with van der Waals surface area (Å²) in [7, 11) is 0. The van der Waals surface area contributed by atoms with Crippen molar-refractivity contribution in [1.82, 2.24) is 5.32 Å². The molecule has 2 aromatic rings. The maximum atomic E-state index is 14.0. The molecule has 0 atom stereocenters.